The minimum Gasteiger partial charge on any atom is -0.281 e. The molecule has 2 aromatic heterocycles. The van der Waals surface area contributed by atoms with Crippen LogP contribution >= 0.6 is 11.6 Å². The lowest BCUT2D eigenvalue weighted by Gasteiger charge is -2.10. The lowest BCUT2D eigenvalue weighted by molar-refractivity contribution is 0.582. The summed E-state index contributed by atoms with van der Waals surface area (Å²) in [5.74, 6) is 0. The van der Waals surface area contributed by atoms with Crippen LogP contribution in [0, 0.1) is 18.3 Å². The number of anilines is 1. The summed E-state index contributed by atoms with van der Waals surface area (Å²) in [5.41, 5.74) is 2.20. The van der Waals surface area contributed by atoms with E-state index in [-0.39, 0.29) is 26.8 Å². The fourth-order valence-corrected chi connectivity index (χ4v) is 5.26. The van der Waals surface area contributed by atoms with Crippen LogP contribution in [-0.4, -0.2) is 37.3 Å². The van der Waals surface area contributed by atoms with E-state index < -0.39 is 20.0 Å². The quantitative estimate of drug-likeness (QED) is 0.413. The van der Waals surface area contributed by atoms with Gasteiger partial charge in [0.2, 0.25) is 10.0 Å². The maximum absolute atomic E-state index is 13.2. The number of nitrogens with one attached hydrogen (secondary N) is 1. The molecule has 9 nitrogen and oxygen atoms in total. The number of halogens is 1. The number of sulfonamides is 1. The molecule has 0 spiro atoms. The van der Waals surface area contributed by atoms with Gasteiger partial charge >= 0.3 is 0 Å². The molecule has 0 saturated carbocycles. The van der Waals surface area contributed by atoms with Crippen LogP contribution < -0.4 is 4.72 Å². The number of nitrogens with zero attached hydrogens (tertiary/aromatic N) is 4. The van der Waals surface area contributed by atoms with Crippen LogP contribution in [0.5, 0.6) is 0 Å². The van der Waals surface area contributed by atoms with Crippen LogP contribution in [0.25, 0.3) is 22.0 Å². The van der Waals surface area contributed by atoms with Gasteiger partial charge in [-0.3, -0.25) is 4.72 Å². The Morgan fingerprint density at radius 2 is 1.73 bits per heavy atom. The summed E-state index contributed by atoms with van der Waals surface area (Å²) in [6.45, 7) is 1.85. The molecule has 168 valence electrons. The van der Waals surface area contributed by atoms with E-state index in [9.17, 15) is 22.1 Å². The van der Waals surface area contributed by atoms with Gasteiger partial charge in [-0.15, -0.1) is 0 Å². The molecule has 0 saturated heterocycles. The highest BCUT2D eigenvalue weighted by molar-refractivity contribution is 7.92. The van der Waals surface area contributed by atoms with Crippen LogP contribution in [-0.2, 0) is 20.0 Å². The number of hydrogen-bond donors (Lipinski definition) is 1. The Balaban J connectivity index is 1.92. The Labute approximate surface area is 195 Å². The Kier molecular flexibility index (Phi) is 5.61. The average molecular weight is 502 g/mol. The normalized spacial score (nSPS) is 11.9. The van der Waals surface area contributed by atoms with Gasteiger partial charge in [0.1, 0.15) is 0 Å². The van der Waals surface area contributed by atoms with Crippen LogP contribution in [0.1, 0.15) is 11.1 Å². The van der Waals surface area contributed by atoms with Crippen molar-refractivity contribution in [1.82, 2.24) is 14.2 Å². The molecule has 0 unspecified atom stereocenters. The van der Waals surface area contributed by atoms with Gasteiger partial charge in [-0.1, -0.05) is 29.3 Å². The van der Waals surface area contributed by atoms with E-state index in [0.717, 1.165) is 15.9 Å². The molecule has 4 aromatic rings. The molecule has 0 aliphatic rings. The first-order chi connectivity index (χ1) is 15.5. The largest absolute Gasteiger partial charge is 0.283 e. The van der Waals surface area contributed by atoms with E-state index in [0.29, 0.717) is 16.5 Å². The van der Waals surface area contributed by atoms with Gasteiger partial charge in [0.25, 0.3) is 10.0 Å². The summed E-state index contributed by atoms with van der Waals surface area (Å²) in [6, 6.07) is 12.9. The average Bonchev–Trinajstić information content (AvgIpc) is 3.19. The highest BCUT2D eigenvalue weighted by Crippen LogP contribution is 2.32. The molecular weight excluding hydrogens is 486 g/mol. The molecule has 0 amide bonds. The number of aryl methyl sites for hydroxylation is 1. The van der Waals surface area contributed by atoms with Gasteiger partial charge in [-0.2, -0.15) is 22.9 Å². The monoisotopic (exact) mass is 501 g/mol. The van der Waals surface area contributed by atoms with Gasteiger partial charge < -0.3 is 0 Å². The number of rotatable bonds is 5. The number of aromatic nitrogens is 3. The van der Waals surface area contributed by atoms with Crippen LogP contribution in [0.3, 0.4) is 0 Å². The third kappa shape index (κ3) is 4.41. The summed E-state index contributed by atoms with van der Waals surface area (Å²) in [4.78, 5) is 4.06. The summed E-state index contributed by atoms with van der Waals surface area (Å²) in [7, 11) is -7.65. The molecule has 33 heavy (non-hydrogen) atoms. The Hall–Kier alpha value is -3.46. The maximum atomic E-state index is 13.2. The lowest BCUT2D eigenvalue weighted by Crippen LogP contribution is -2.14. The topological polar surface area (TPSA) is 135 Å². The zero-order chi connectivity index (χ0) is 24.0. The van der Waals surface area contributed by atoms with Crippen molar-refractivity contribution in [3.8, 4) is 17.2 Å². The van der Waals surface area contributed by atoms with Crippen molar-refractivity contribution in [2.75, 3.05) is 11.0 Å². The molecule has 12 heteroatoms. The van der Waals surface area contributed by atoms with Crippen molar-refractivity contribution in [2.24, 2.45) is 0 Å². The molecule has 0 fully saturated rings. The van der Waals surface area contributed by atoms with E-state index in [1.54, 1.807) is 24.3 Å². The molecule has 0 aliphatic carbocycles. The number of nitriles is 1. The number of pyridine rings is 1. The summed E-state index contributed by atoms with van der Waals surface area (Å²) >= 11 is 6.01. The van der Waals surface area contributed by atoms with E-state index in [1.807, 2.05) is 6.92 Å². The van der Waals surface area contributed by atoms with Crippen LogP contribution in [0.15, 0.2) is 59.8 Å². The van der Waals surface area contributed by atoms with Crippen LogP contribution in [0.2, 0.25) is 5.15 Å². The smallest absolute Gasteiger partial charge is 0.281 e. The predicted molar refractivity (Wildman–Crippen MR) is 125 cm³/mol. The number of fused-ring (bicyclic) bond motifs is 1. The molecule has 0 bridgehead atoms. The Bertz CT molecular complexity index is 1660. The van der Waals surface area contributed by atoms with E-state index >= 15 is 0 Å². The van der Waals surface area contributed by atoms with Gasteiger partial charge in [-0.25, -0.2) is 13.4 Å². The van der Waals surface area contributed by atoms with Crippen molar-refractivity contribution in [1.29, 1.82) is 5.26 Å². The van der Waals surface area contributed by atoms with Crippen LogP contribution in [0.4, 0.5) is 5.69 Å². The second kappa shape index (κ2) is 8.15. The standard InChI is InChI=1S/C21H16ClN5O4S2/c1-13-3-5-17(6-4-13)33(30,31)27-20-9-14(7-15(10-23)18(20)12-25-27)16-8-19(21(22)24-11-16)26-32(2,28)29/h3-9,11-12,26H,1-2H3. The fraction of sp³-hybridized carbons (Fsp3) is 0.0952. The summed E-state index contributed by atoms with van der Waals surface area (Å²) < 4.78 is 52.9. The number of benzene rings is 2. The first kappa shape index (κ1) is 22.7. The van der Waals surface area contributed by atoms with Crippen molar-refractivity contribution >= 4 is 48.2 Å². The summed E-state index contributed by atoms with van der Waals surface area (Å²) in [5, 5.41) is 14.0. The molecule has 1 N–H and O–H groups in total. The van der Waals surface area contributed by atoms with Gasteiger partial charge in [0.15, 0.2) is 5.15 Å². The molecule has 0 atom stereocenters. The first-order valence-corrected chi connectivity index (χ1v) is 13.1. The van der Waals surface area contributed by atoms with Gasteiger partial charge in [0.05, 0.1) is 40.2 Å². The van der Waals surface area contributed by atoms with Gasteiger partial charge in [0, 0.05) is 17.1 Å². The Morgan fingerprint density at radius 1 is 1.03 bits per heavy atom. The zero-order valence-electron chi connectivity index (χ0n) is 17.3. The van der Waals surface area contributed by atoms with E-state index in [2.05, 4.69) is 20.9 Å². The van der Waals surface area contributed by atoms with E-state index in [1.165, 1.54) is 30.6 Å². The molecule has 0 aliphatic heterocycles. The third-order valence-corrected chi connectivity index (χ3v) is 7.30. The molecule has 4 rings (SSSR count). The molecule has 0 radical (unpaired) electrons. The zero-order valence-corrected chi connectivity index (χ0v) is 19.7. The molecule has 2 heterocycles. The lowest BCUT2D eigenvalue weighted by atomic mass is 10.0. The minimum absolute atomic E-state index is 0.0507. The predicted octanol–water partition coefficient (Wildman–Crippen LogP) is 3.54. The third-order valence-electron chi connectivity index (χ3n) is 4.79. The minimum atomic E-state index is -4.03. The maximum Gasteiger partial charge on any atom is 0.283 e. The van der Waals surface area contributed by atoms with Crippen molar-refractivity contribution in [3.63, 3.8) is 0 Å². The van der Waals surface area contributed by atoms with E-state index in [4.69, 9.17) is 11.6 Å². The second-order valence-electron chi connectivity index (χ2n) is 7.31. The second-order valence-corrected chi connectivity index (χ2v) is 11.2. The first-order valence-electron chi connectivity index (χ1n) is 9.37. The van der Waals surface area contributed by atoms with Crippen molar-refractivity contribution in [2.45, 2.75) is 11.8 Å². The SMILES string of the molecule is Cc1ccc(S(=O)(=O)n2ncc3c(C#N)cc(-c4cnc(Cl)c(NS(C)(=O)=O)c4)cc32)cc1. The number of hydrogen-bond acceptors (Lipinski definition) is 7. The highest BCUT2D eigenvalue weighted by atomic mass is 35.5. The molecule has 2 aromatic carbocycles. The van der Waals surface area contributed by atoms with Crippen molar-refractivity contribution < 1.29 is 16.8 Å². The Morgan fingerprint density at radius 3 is 2.36 bits per heavy atom. The fourth-order valence-electron chi connectivity index (χ4n) is 3.24. The molecular formula is C21H16ClN5O4S2. The highest BCUT2D eigenvalue weighted by Gasteiger charge is 2.22. The van der Waals surface area contributed by atoms with Crippen molar-refractivity contribution in [3.05, 3.63) is 71.1 Å². The van der Waals surface area contributed by atoms with Gasteiger partial charge in [-0.05, 0) is 42.8 Å². The summed E-state index contributed by atoms with van der Waals surface area (Å²) in [6.07, 6.45) is 3.69.